The van der Waals surface area contributed by atoms with Crippen molar-refractivity contribution in [3.63, 3.8) is 0 Å². The zero-order valence-corrected chi connectivity index (χ0v) is 20.8. The molecule has 3 aromatic carbocycles. The number of hydrogen-bond acceptors (Lipinski definition) is 6. The highest BCUT2D eigenvalue weighted by Gasteiger charge is 2.38. The van der Waals surface area contributed by atoms with Gasteiger partial charge in [0.25, 0.3) is 0 Å². The highest BCUT2D eigenvalue weighted by Crippen LogP contribution is 2.31. The number of rotatable bonds is 9. The van der Waals surface area contributed by atoms with Crippen LogP contribution in [-0.4, -0.2) is 42.7 Å². The van der Waals surface area contributed by atoms with Gasteiger partial charge in [-0.25, -0.2) is 9.59 Å². The molecule has 0 aromatic heterocycles. The third kappa shape index (κ3) is 6.68. The third-order valence-corrected chi connectivity index (χ3v) is 7.01. The highest BCUT2D eigenvalue weighted by molar-refractivity contribution is 5.83. The topological polar surface area (TPSA) is 77.1 Å². The molecule has 3 saturated heterocycles. The lowest BCUT2D eigenvalue weighted by Crippen LogP contribution is -2.52. The summed E-state index contributed by atoms with van der Waals surface area (Å²) in [5, 5.41) is 2.73. The molecule has 6 rings (SSSR count). The molecule has 0 radical (unpaired) electrons. The molecule has 3 aliphatic heterocycles. The maximum absolute atomic E-state index is 13.4. The van der Waals surface area contributed by atoms with Gasteiger partial charge in [-0.1, -0.05) is 72.8 Å². The lowest BCUT2D eigenvalue weighted by molar-refractivity contribution is -0.161. The van der Waals surface area contributed by atoms with E-state index in [1.54, 1.807) is 18.2 Å². The molecule has 0 spiro atoms. The van der Waals surface area contributed by atoms with Crippen molar-refractivity contribution in [1.29, 1.82) is 0 Å². The van der Waals surface area contributed by atoms with Crippen LogP contribution in [-0.2, 0) is 27.5 Å². The normalized spacial score (nSPS) is 21.0. The average molecular weight is 501 g/mol. The van der Waals surface area contributed by atoms with E-state index in [4.69, 9.17) is 14.2 Å². The summed E-state index contributed by atoms with van der Waals surface area (Å²) in [6, 6.07) is 25.4. The monoisotopic (exact) mass is 500 g/mol. The number of fused-ring (bicyclic) bond motifs is 3. The first-order valence-corrected chi connectivity index (χ1v) is 12.8. The molecule has 3 aromatic rings. The summed E-state index contributed by atoms with van der Waals surface area (Å²) in [5.41, 5.74) is 2.47. The molecule has 192 valence electrons. The van der Waals surface area contributed by atoms with E-state index in [9.17, 15) is 9.59 Å². The van der Waals surface area contributed by atoms with Crippen LogP contribution in [0.3, 0.4) is 0 Å². The molecule has 3 fully saturated rings. The molecule has 2 unspecified atom stereocenters. The first-order valence-electron chi connectivity index (χ1n) is 12.8. The Morgan fingerprint density at radius 3 is 2.19 bits per heavy atom. The van der Waals surface area contributed by atoms with Crippen LogP contribution < -0.4 is 10.1 Å². The summed E-state index contributed by atoms with van der Waals surface area (Å²) in [6.45, 7) is 3.34. The summed E-state index contributed by atoms with van der Waals surface area (Å²) in [5.74, 6) is 0.470. The van der Waals surface area contributed by atoms with E-state index in [1.165, 1.54) is 0 Å². The Labute approximate surface area is 217 Å². The van der Waals surface area contributed by atoms with Crippen LogP contribution in [0.25, 0.3) is 0 Å². The van der Waals surface area contributed by atoms with E-state index in [2.05, 4.69) is 10.2 Å². The summed E-state index contributed by atoms with van der Waals surface area (Å²) >= 11 is 0. The second-order valence-electron chi connectivity index (χ2n) is 9.60. The van der Waals surface area contributed by atoms with Crippen LogP contribution in [0.4, 0.5) is 4.79 Å². The number of carbonyl (C=O) groups excluding carboxylic acids is 2. The minimum atomic E-state index is -1.01. The average Bonchev–Trinajstić information content (AvgIpc) is 2.95. The van der Waals surface area contributed by atoms with Gasteiger partial charge < -0.3 is 19.5 Å². The Morgan fingerprint density at radius 1 is 0.865 bits per heavy atom. The van der Waals surface area contributed by atoms with Crippen molar-refractivity contribution in [3.8, 4) is 5.75 Å². The van der Waals surface area contributed by atoms with Gasteiger partial charge >= 0.3 is 12.1 Å². The van der Waals surface area contributed by atoms with E-state index in [1.807, 2.05) is 66.7 Å². The lowest BCUT2D eigenvalue weighted by atomic mass is 9.86. The van der Waals surface area contributed by atoms with Crippen molar-refractivity contribution in [2.75, 3.05) is 19.6 Å². The van der Waals surface area contributed by atoms with Crippen LogP contribution in [0.2, 0.25) is 0 Å². The largest absolute Gasteiger partial charge is 0.489 e. The molecule has 0 saturated carbocycles. The highest BCUT2D eigenvalue weighted by atomic mass is 16.6. The second kappa shape index (κ2) is 11.9. The SMILES string of the molecule is O=C(NC(C(=O)OC1CN2CCC1CC2)c1cccc(OCc2ccccc2)c1)OCc1ccccc1. The van der Waals surface area contributed by atoms with Crippen molar-refractivity contribution in [1.82, 2.24) is 10.2 Å². The number of carbonyl (C=O) groups is 2. The number of piperidine rings is 3. The Bertz CT molecular complexity index is 1180. The van der Waals surface area contributed by atoms with Gasteiger partial charge in [-0.3, -0.25) is 4.90 Å². The summed E-state index contributed by atoms with van der Waals surface area (Å²) in [4.78, 5) is 28.5. The zero-order chi connectivity index (χ0) is 25.5. The standard InChI is InChI=1S/C30H32N2O5/c33-29(37-27-19-32-16-14-24(27)15-17-32)28(31-30(34)36-21-23-10-5-2-6-11-23)25-12-7-13-26(18-25)35-20-22-8-3-1-4-9-22/h1-13,18,24,27-28H,14-17,19-21H2,(H,31,34). The molecular weight excluding hydrogens is 468 g/mol. The van der Waals surface area contributed by atoms with Crippen LogP contribution in [0.1, 0.15) is 35.6 Å². The maximum Gasteiger partial charge on any atom is 0.408 e. The third-order valence-electron chi connectivity index (χ3n) is 7.01. The van der Waals surface area contributed by atoms with Crippen molar-refractivity contribution >= 4 is 12.1 Å². The summed E-state index contributed by atoms with van der Waals surface area (Å²) < 4.78 is 17.4. The van der Waals surface area contributed by atoms with Crippen LogP contribution in [0, 0.1) is 5.92 Å². The van der Waals surface area contributed by atoms with Gasteiger partial charge in [0, 0.05) is 6.54 Å². The van der Waals surface area contributed by atoms with Gasteiger partial charge in [-0.05, 0) is 60.7 Å². The number of ether oxygens (including phenoxy) is 3. The Morgan fingerprint density at radius 2 is 1.54 bits per heavy atom. The number of amides is 1. The molecule has 1 amide bonds. The molecular formula is C30H32N2O5. The number of benzene rings is 3. The molecule has 3 aliphatic rings. The fourth-order valence-electron chi connectivity index (χ4n) is 4.95. The zero-order valence-electron chi connectivity index (χ0n) is 20.8. The van der Waals surface area contributed by atoms with E-state index in [0.29, 0.717) is 23.8 Å². The minimum absolute atomic E-state index is 0.105. The van der Waals surface area contributed by atoms with Gasteiger partial charge in [0.15, 0.2) is 6.04 Å². The van der Waals surface area contributed by atoms with Crippen molar-refractivity contribution in [3.05, 3.63) is 102 Å². The molecule has 7 heteroatoms. The predicted octanol–water partition coefficient (Wildman–Crippen LogP) is 4.87. The Hall–Kier alpha value is -3.84. The van der Waals surface area contributed by atoms with E-state index in [-0.39, 0.29) is 12.7 Å². The van der Waals surface area contributed by atoms with Gasteiger partial charge in [-0.2, -0.15) is 0 Å². The maximum atomic E-state index is 13.4. The minimum Gasteiger partial charge on any atom is -0.489 e. The number of hydrogen-bond donors (Lipinski definition) is 1. The summed E-state index contributed by atoms with van der Waals surface area (Å²) in [7, 11) is 0. The van der Waals surface area contributed by atoms with Gasteiger partial charge in [0.05, 0.1) is 0 Å². The van der Waals surface area contributed by atoms with E-state index in [0.717, 1.165) is 43.6 Å². The summed E-state index contributed by atoms with van der Waals surface area (Å²) in [6.07, 6.45) is 1.20. The van der Waals surface area contributed by atoms with E-state index < -0.39 is 18.1 Å². The lowest BCUT2D eigenvalue weighted by Gasteiger charge is -2.44. The smallest absolute Gasteiger partial charge is 0.408 e. The molecule has 2 bridgehead atoms. The first-order chi connectivity index (χ1) is 18.1. The van der Waals surface area contributed by atoms with Crippen LogP contribution in [0.15, 0.2) is 84.9 Å². The van der Waals surface area contributed by atoms with E-state index >= 15 is 0 Å². The van der Waals surface area contributed by atoms with Gasteiger partial charge in [-0.15, -0.1) is 0 Å². The van der Waals surface area contributed by atoms with Gasteiger partial charge in [0.1, 0.15) is 25.1 Å². The number of alkyl carbamates (subject to hydrolysis) is 1. The van der Waals surface area contributed by atoms with Crippen molar-refractivity contribution < 1.29 is 23.8 Å². The van der Waals surface area contributed by atoms with Crippen LogP contribution in [0.5, 0.6) is 5.75 Å². The second-order valence-corrected chi connectivity index (χ2v) is 9.60. The van der Waals surface area contributed by atoms with Crippen molar-refractivity contribution in [2.24, 2.45) is 5.92 Å². The number of nitrogens with one attached hydrogen (secondary N) is 1. The molecule has 3 heterocycles. The fraction of sp³-hybridized carbons (Fsp3) is 0.333. The van der Waals surface area contributed by atoms with Crippen molar-refractivity contribution in [2.45, 2.75) is 38.2 Å². The van der Waals surface area contributed by atoms with Gasteiger partial charge in [0.2, 0.25) is 0 Å². The molecule has 2 atom stereocenters. The fourth-order valence-corrected chi connectivity index (χ4v) is 4.95. The molecule has 1 N–H and O–H groups in total. The molecule has 7 nitrogen and oxygen atoms in total. The Kier molecular flexibility index (Phi) is 8.01. The quantitative estimate of drug-likeness (QED) is 0.423. The molecule has 37 heavy (non-hydrogen) atoms. The first kappa shape index (κ1) is 24.8. The Balaban J connectivity index is 1.29. The molecule has 0 aliphatic carbocycles. The predicted molar refractivity (Wildman–Crippen MR) is 139 cm³/mol. The van der Waals surface area contributed by atoms with Crippen LogP contribution >= 0.6 is 0 Å². The number of esters is 1. The number of nitrogens with zero attached hydrogens (tertiary/aromatic N) is 1.